The number of hydrogen-bond donors (Lipinski definition) is 0. The van der Waals surface area contributed by atoms with Crippen molar-refractivity contribution in [2.24, 2.45) is 23.7 Å². The molecule has 0 saturated heterocycles. The van der Waals surface area contributed by atoms with E-state index in [1.54, 1.807) is 0 Å². The molecule has 2 heteroatoms. The van der Waals surface area contributed by atoms with Crippen LogP contribution in [0, 0.1) is 23.7 Å². The van der Waals surface area contributed by atoms with Gasteiger partial charge in [-0.25, -0.2) is 0 Å². The van der Waals surface area contributed by atoms with Crippen molar-refractivity contribution in [2.45, 2.75) is 105 Å². The fourth-order valence-corrected chi connectivity index (χ4v) is 6.14. The summed E-state index contributed by atoms with van der Waals surface area (Å²) in [5.41, 5.74) is 0. The van der Waals surface area contributed by atoms with Crippen LogP contribution in [-0.4, -0.2) is 14.4 Å². The maximum Gasteiger partial charge on any atom is 0.184 e. The highest BCUT2D eigenvalue weighted by Crippen LogP contribution is 2.51. The van der Waals surface area contributed by atoms with Gasteiger partial charge in [-0.05, 0) is 56.2 Å². The van der Waals surface area contributed by atoms with Crippen molar-refractivity contribution in [1.82, 2.24) is 0 Å². The van der Waals surface area contributed by atoms with Crippen molar-refractivity contribution in [2.75, 3.05) is 0 Å². The molecule has 0 amide bonds. The van der Waals surface area contributed by atoms with E-state index in [0.29, 0.717) is 6.10 Å². The van der Waals surface area contributed by atoms with E-state index in [4.69, 9.17) is 4.43 Å². The molecule has 4 unspecified atom stereocenters. The van der Waals surface area contributed by atoms with Crippen LogP contribution in [0.2, 0.25) is 19.6 Å². The maximum absolute atomic E-state index is 6.82. The van der Waals surface area contributed by atoms with Crippen molar-refractivity contribution in [1.29, 1.82) is 0 Å². The highest BCUT2D eigenvalue weighted by atomic mass is 28.4. The van der Waals surface area contributed by atoms with Crippen LogP contribution in [0.5, 0.6) is 0 Å². The van der Waals surface area contributed by atoms with Gasteiger partial charge in [0.2, 0.25) is 0 Å². The topological polar surface area (TPSA) is 9.23 Å². The quantitative estimate of drug-likeness (QED) is 0.397. The highest BCUT2D eigenvalue weighted by Gasteiger charge is 2.49. The Hall–Kier alpha value is 0.177. The molecule has 22 heavy (non-hydrogen) atoms. The second-order valence-corrected chi connectivity index (χ2v) is 13.0. The first-order chi connectivity index (χ1) is 10.4. The molecule has 0 N–H and O–H groups in total. The minimum atomic E-state index is -1.47. The molecular weight excluding hydrogens is 284 g/mol. The normalized spacial score (nSPS) is 32.6. The molecule has 1 aliphatic carbocycles. The van der Waals surface area contributed by atoms with Crippen LogP contribution < -0.4 is 0 Å². The maximum atomic E-state index is 6.82. The van der Waals surface area contributed by atoms with Crippen molar-refractivity contribution in [3.05, 3.63) is 0 Å². The van der Waals surface area contributed by atoms with Crippen LogP contribution in [0.3, 0.4) is 0 Å². The van der Waals surface area contributed by atoms with Crippen molar-refractivity contribution in [3.63, 3.8) is 0 Å². The Bertz CT molecular complexity index is 275. The average molecular weight is 327 g/mol. The molecule has 0 radical (unpaired) electrons. The summed E-state index contributed by atoms with van der Waals surface area (Å²) in [6, 6.07) is 0. The summed E-state index contributed by atoms with van der Waals surface area (Å²) < 4.78 is 6.82. The molecule has 0 aromatic heterocycles. The van der Waals surface area contributed by atoms with Crippen LogP contribution in [0.25, 0.3) is 0 Å². The van der Waals surface area contributed by atoms with Crippen LogP contribution in [0.15, 0.2) is 0 Å². The molecular formula is C20H42OSi. The Labute approximate surface area is 141 Å². The third kappa shape index (κ3) is 5.37. The van der Waals surface area contributed by atoms with E-state index in [1.165, 1.54) is 51.4 Å². The van der Waals surface area contributed by atoms with E-state index < -0.39 is 8.32 Å². The van der Waals surface area contributed by atoms with Gasteiger partial charge < -0.3 is 4.43 Å². The van der Waals surface area contributed by atoms with Gasteiger partial charge in [0.1, 0.15) is 0 Å². The molecule has 0 bridgehead atoms. The third-order valence-corrected chi connectivity index (χ3v) is 6.45. The minimum Gasteiger partial charge on any atom is -0.414 e. The standard InChI is InChI=1S/C20H42OSi/c1-8-12-16-17(13-9-2)19(15-11-4)20(18(16)14-10-3)21-22(5,6)7/h16-20H,8-15H2,1-7H3. The zero-order chi connectivity index (χ0) is 16.8. The van der Waals surface area contributed by atoms with Gasteiger partial charge in [-0.3, -0.25) is 0 Å². The predicted molar refractivity (Wildman–Crippen MR) is 102 cm³/mol. The van der Waals surface area contributed by atoms with E-state index in [0.717, 1.165) is 23.7 Å². The molecule has 1 aliphatic rings. The summed E-state index contributed by atoms with van der Waals surface area (Å²) in [6.45, 7) is 16.6. The Morgan fingerprint density at radius 3 is 1.18 bits per heavy atom. The van der Waals surface area contributed by atoms with Gasteiger partial charge in [0, 0.05) is 0 Å². The molecule has 0 aromatic rings. The Morgan fingerprint density at radius 1 is 0.591 bits per heavy atom. The highest BCUT2D eigenvalue weighted by molar-refractivity contribution is 6.69. The summed E-state index contributed by atoms with van der Waals surface area (Å²) in [4.78, 5) is 0. The molecule has 132 valence electrons. The van der Waals surface area contributed by atoms with Gasteiger partial charge in [0.15, 0.2) is 8.32 Å². The predicted octanol–water partition coefficient (Wildman–Crippen LogP) is 6.89. The molecule has 0 heterocycles. The molecule has 1 fully saturated rings. The Morgan fingerprint density at radius 2 is 0.909 bits per heavy atom. The molecule has 1 saturated carbocycles. The first kappa shape index (κ1) is 20.2. The van der Waals surface area contributed by atoms with Crippen LogP contribution in [0.4, 0.5) is 0 Å². The Kier molecular flexibility index (Phi) is 8.70. The lowest BCUT2D eigenvalue weighted by Crippen LogP contribution is -2.38. The summed E-state index contributed by atoms with van der Waals surface area (Å²) in [5.74, 6) is 3.49. The zero-order valence-electron chi connectivity index (χ0n) is 16.5. The lowest BCUT2D eigenvalue weighted by molar-refractivity contribution is 0.0871. The van der Waals surface area contributed by atoms with E-state index in [1.807, 2.05) is 0 Å². The lowest BCUT2D eigenvalue weighted by atomic mass is 9.79. The second-order valence-electron chi connectivity index (χ2n) is 8.50. The average Bonchev–Trinajstić information content (AvgIpc) is 2.66. The van der Waals surface area contributed by atoms with E-state index >= 15 is 0 Å². The van der Waals surface area contributed by atoms with Crippen LogP contribution in [-0.2, 0) is 4.43 Å². The first-order valence-electron chi connectivity index (χ1n) is 10.1. The molecule has 1 nitrogen and oxygen atoms in total. The number of rotatable bonds is 10. The first-order valence-corrected chi connectivity index (χ1v) is 13.5. The van der Waals surface area contributed by atoms with Crippen molar-refractivity contribution < 1.29 is 4.43 Å². The molecule has 0 spiro atoms. The SMILES string of the molecule is CCCC1C(CCC)C(CCC)C(O[Si](C)(C)C)C1CCC. The van der Waals surface area contributed by atoms with Gasteiger partial charge in [0.25, 0.3) is 0 Å². The smallest absolute Gasteiger partial charge is 0.184 e. The fourth-order valence-electron chi connectivity index (χ4n) is 4.97. The largest absolute Gasteiger partial charge is 0.414 e. The van der Waals surface area contributed by atoms with Gasteiger partial charge >= 0.3 is 0 Å². The molecule has 0 aliphatic heterocycles. The Balaban J connectivity index is 3.07. The fraction of sp³-hybridized carbons (Fsp3) is 1.00. The van der Waals surface area contributed by atoms with Gasteiger partial charge in [-0.2, -0.15) is 0 Å². The lowest BCUT2D eigenvalue weighted by Gasteiger charge is -2.33. The van der Waals surface area contributed by atoms with E-state index in [-0.39, 0.29) is 0 Å². The van der Waals surface area contributed by atoms with Gasteiger partial charge in [-0.15, -0.1) is 0 Å². The number of hydrogen-bond acceptors (Lipinski definition) is 1. The molecule has 4 atom stereocenters. The van der Waals surface area contributed by atoms with Crippen molar-refractivity contribution >= 4 is 8.32 Å². The van der Waals surface area contributed by atoms with Gasteiger partial charge in [-0.1, -0.05) is 66.2 Å². The summed E-state index contributed by atoms with van der Waals surface area (Å²) in [7, 11) is -1.47. The van der Waals surface area contributed by atoms with Crippen LogP contribution >= 0.6 is 0 Å². The zero-order valence-corrected chi connectivity index (χ0v) is 17.5. The third-order valence-electron chi connectivity index (χ3n) is 5.47. The summed E-state index contributed by atoms with van der Waals surface area (Å²) in [5, 5.41) is 0. The molecule has 1 rings (SSSR count). The summed E-state index contributed by atoms with van der Waals surface area (Å²) >= 11 is 0. The molecule has 0 aromatic carbocycles. The monoisotopic (exact) mass is 326 g/mol. The van der Waals surface area contributed by atoms with Crippen molar-refractivity contribution in [3.8, 4) is 0 Å². The van der Waals surface area contributed by atoms with Gasteiger partial charge in [0.05, 0.1) is 6.10 Å². The second kappa shape index (κ2) is 9.47. The summed E-state index contributed by atoms with van der Waals surface area (Å²) in [6.07, 6.45) is 11.4. The minimum absolute atomic E-state index is 0.555. The van der Waals surface area contributed by atoms with E-state index in [2.05, 4.69) is 47.3 Å². The van der Waals surface area contributed by atoms with E-state index in [9.17, 15) is 0 Å². The van der Waals surface area contributed by atoms with Crippen LogP contribution in [0.1, 0.15) is 79.1 Å².